The fourth-order valence-corrected chi connectivity index (χ4v) is 2.46. The second kappa shape index (κ2) is 5.78. The van der Waals surface area contributed by atoms with Crippen LogP contribution in [0.4, 0.5) is 4.79 Å². The first-order valence-corrected chi connectivity index (χ1v) is 7.10. The molecule has 2 fully saturated rings. The molecule has 1 heterocycles. The van der Waals surface area contributed by atoms with E-state index in [0.717, 1.165) is 24.3 Å². The Balaban J connectivity index is 1.84. The number of likely N-dealkylation sites (N-methyl/N-ethyl adjacent to an activating group) is 1. The summed E-state index contributed by atoms with van der Waals surface area (Å²) < 4.78 is 0. The molecule has 1 aliphatic heterocycles. The Bertz CT molecular complexity index is 422. The fraction of sp³-hybridized carbons (Fsp3) is 0.769. The molecule has 2 rings (SSSR count). The van der Waals surface area contributed by atoms with Crippen molar-refractivity contribution in [1.29, 1.82) is 0 Å². The van der Waals surface area contributed by atoms with Gasteiger partial charge in [0.15, 0.2) is 0 Å². The van der Waals surface area contributed by atoms with Crippen LogP contribution >= 0.6 is 0 Å². The van der Waals surface area contributed by atoms with E-state index in [9.17, 15) is 14.4 Å². The number of carbonyl (C=O) groups is 3. The van der Waals surface area contributed by atoms with E-state index >= 15 is 0 Å². The summed E-state index contributed by atoms with van der Waals surface area (Å²) in [5.41, 5.74) is -0.818. The van der Waals surface area contributed by atoms with Crippen molar-refractivity contribution in [3.63, 3.8) is 0 Å². The van der Waals surface area contributed by atoms with Gasteiger partial charge in [-0.05, 0) is 32.2 Å². The first-order chi connectivity index (χ1) is 9.49. The lowest BCUT2D eigenvalue weighted by molar-refractivity contribution is -0.135. The first-order valence-electron chi connectivity index (χ1n) is 7.10. The summed E-state index contributed by atoms with van der Waals surface area (Å²) in [5, 5.41) is 8.48. The Morgan fingerprint density at radius 2 is 2.10 bits per heavy atom. The Hall–Kier alpha value is -1.63. The van der Waals surface area contributed by atoms with E-state index in [1.54, 1.807) is 6.92 Å². The van der Waals surface area contributed by atoms with E-state index in [1.807, 2.05) is 6.92 Å². The molecule has 7 heteroatoms. The summed E-state index contributed by atoms with van der Waals surface area (Å²) in [5.74, 6) is -0.390. The summed E-state index contributed by atoms with van der Waals surface area (Å²) in [7, 11) is 0. The topological polar surface area (TPSA) is 90.5 Å². The summed E-state index contributed by atoms with van der Waals surface area (Å²) in [6.07, 6.45) is 1.90. The van der Waals surface area contributed by atoms with Crippen LogP contribution in [0.1, 0.15) is 26.7 Å². The first kappa shape index (κ1) is 14.8. The minimum atomic E-state index is -0.818. The number of urea groups is 1. The Morgan fingerprint density at radius 3 is 2.70 bits per heavy atom. The van der Waals surface area contributed by atoms with Gasteiger partial charge in [-0.2, -0.15) is 0 Å². The Morgan fingerprint density at radius 1 is 1.40 bits per heavy atom. The average Bonchev–Trinajstić information content (AvgIpc) is 3.21. The predicted molar refractivity (Wildman–Crippen MR) is 72.9 cm³/mol. The molecule has 3 N–H and O–H groups in total. The van der Waals surface area contributed by atoms with E-state index in [2.05, 4.69) is 16.0 Å². The Labute approximate surface area is 118 Å². The van der Waals surface area contributed by atoms with Crippen LogP contribution in [-0.4, -0.2) is 54.5 Å². The molecule has 0 aromatic rings. The lowest BCUT2D eigenvalue weighted by atomic mass is 9.96. The Kier molecular flexibility index (Phi) is 4.27. The van der Waals surface area contributed by atoms with Crippen molar-refractivity contribution in [3.8, 4) is 0 Å². The molecule has 1 atom stereocenters. The highest BCUT2D eigenvalue weighted by molar-refractivity contribution is 6.09. The van der Waals surface area contributed by atoms with Gasteiger partial charge in [-0.3, -0.25) is 14.5 Å². The van der Waals surface area contributed by atoms with Gasteiger partial charge in [0.2, 0.25) is 5.91 Å². The molecule has 0 aromatic carbocycles. The average molecular weight is 282 g/mol. The highest BCUT2D eigenvalue weighted by Crippen LogP contribution is 2.42. The van der Waals surface area contributed by atoms with Crippen molar-refractivity contribution < 1.29 is 14.4 Å². The molecular weight excluding hydrogens is 260 g/mol. The van der Waals surface area contributed by atoms with Crippen LogP contribution in [0, 0.1) is 5.92 Å². The second-order valence-corrected chi connectivity index (χ2v) is 5.50. The largest absolute Gasteiger partial charge is 0.353 e. The maximum atomic E-state index is 12.3. The number of nitrogens with one attached hydrogen (secondary N) is 3. The van der Waals surface area contributed by atoms with Crippen LogP contribution in [0.15, 0.2) is 0 Å². The van der Waals surface area contributed by atoms with Gasteiger partial charge in [0.1, 0.15) is 12.1 Å². The molecule has 0 radical (unpaired) electrons. The second-order valence-electron chi connectivity index (χ2n) is 5.50. The highest BCUT2D eigenvalue weighted by Gasteiger charge is 2.56. The number of amides is 4. The lowest BCUT2D eigenvalue weighted by Gasteiger charge is -2.20. The van der Waals surface area contributed by atoms with Gasteiger partial charge in [-0.1, -0.05) is 6.92 Å². The van der Waals surface area contributed by atoms with Crippen LogP contribution in [0.5, 0.6) is 0 Å². The zero-order valence-corrected chi connectivity index (χ0v) is 12.0. The molecule has 0 aromatic heterocycles. The fourth-order valence-electron chi connectivity index (χ4n) is 2.46. The molecule has 20 heavy (non-hydrogen) atoms. The quantitative estimate of drug-likeness (QED) is 0.431. The summed E-state index contributed by atoms with van der Waals surface area (Å²) in [6, 6.07) is -0.466. The normalized spacial score (nSPS) is 25.8. The van der Waals surface area contributed by atoms with Gasteiger partial charge in [0.25, 0.3) is 5.91 Å². The zero-order valence-electron chi connectivity index (χ0n) is 12.0. The monoisotopic (exact) mass is 282 g/mol. The molecule has 1 saturated carbocycles. The van der Waals surface area contributed by atoms with E-state index in [-0.39, 0.29) is 24.3 Å². The number of nitrogens with zero attached hydrogens (tertiary/aromatic N) is 1. The van der Waals surface area contributed by atoms with Gasteiger partial charge in [0.05, 0.1) is 0 Å². The summed E-state index contributed by atoms with van der Waals surface area (Å²) in [6.45, 7) is 5.50. The molecular formula is C13H22N4O3. The number of hydrogen-bond acceptors (Lipinski definition) is 4. The number of rotatable bonds is 7. The van der Waals surface area contributed by atoms with Gasteiger partial charge in [-0.25, -0.2) is 4.79 Å². The minimum Gasteiger partial charge on any atom is -0.353 e. The smallest absolute Gasteiger partial charge is 0.325 e. The third-order valence-electron chi connectivity index (χ3n) is 3.87. The predicted octanol–water partition coefficient (Wildman–Crippen LogP) is -0.567. The maximum absolute atomic E-state index is 12.3. The van der Waals surface area contributed by atoms with Crippen LogP contribution < -0.4 is 16.0 Å². The van der Waals surface area contributed by atoms with Crippen LogP contribution in [0.3, 0.4) is 0 Å². The van der Waals surface area contributed by atoms with Gasteiger partial charge < -0.3 is 16.0 Å². The van der Waals surface area contributed by atoms with Crippen molar-refractivity contribution in [2.45, 2.75) is 32.2 Å². The molecule has 0 spiro atoms. The lowest BCUT2D eigenvalue weighted by Crippen LogP contribution is -2.47. The number of imide groups is 1. The van der Waals surface area contributed by atoms with Crippen molar-refractivity contribution in [2.24, 2.45) is 5.92 Å². The van der Waals surface area contributed by atoms with Crippen LogP contribution in [0.25, 0.3) is 0 Å². The van der Waals surface area contributed by atoms with Crippen molar-refractivity contribution in [1.82, 2.24) is 20.9 Å². The van der Waals surface area contributed by atoms with E-state index in [1.165, 1.54) is 0 Å². The van der Waals surface area contributed by atoms with Crippen LogP contribution in [0.2, 0.25) is 0 Å². The molecule has 112 valence electrons. The van der Waals surface area contributed by atoms with Gasteiger partial charge in [-0.15, -0.1) is 0 Å². The molecule has 4 amide bonds. The van der Waals surface area contributed by atoms with Gasteiger partial charge in [0, 0.05) is 13.1 Å². The molecule has 7 nitrogen and oxygen atoms in total. The SMILES string of the molecule is CCNCCNC(=O)CN1C(=O)NC(C)(C2CC2)C1=O. The standard InChI is InChI=1S/C13H22N4O3/c1-3-14-6-7-15-10(18)8-17-11(19)13(2,9-4-5-9)16-12(17)20/h9,14H,3-8H2,1-2H3,(H,15,18)(H,16,20). The molecule has 1 unspecified atom stereocenters. The number of hydrogen-bond donors (Lipinski definition) is 3. The van der Waals surface area contributed by atoms with Gasteiger partial charge >= 0.3 is 6.03 Å². The third kappa shape index (κ3) is 2.92. The van der Waals surface area contributed by atoms with E-state index < -0.39 is 11.6 Å². The minimum absolute atomic E-state index is 0.209. The molecule has 1 saturated heterocycles. The van der Waals surface area contributed by atoms with Crippen molar-refractivity contribution in [2.75, 3.05) is 26.2 Å². The summed E-state index contributed by atoms with van der Waals surface area (Å²) >= 11 is 0. The summed E-state index contributed by atoms with van der Waals surface area (Å²) in [4.78, 5) is 36.9. The van der Waals surface area contributed by atoms with Crippen molar-refractivity contribution >= 4 is 17.8 Å². The number of carbonyl (C=O) groups excluding carboxylic acids is 3. The van der Waals surface area contributed by atoms with Crippen LogP contribution in [-0.2, 0) is 9.59 Å². The highest BCUT2D eigenvalue weighted by atomic mass is 16.2. The molecule has 0 bridgehead atoms. The third-order valence-corrected chi connectivity index (χ3v) is 3.87. The van der Waals surface area contributed by atoms with E-state index in [4.69, 9.17) is 0 Å². The maximum Gasteiger partial charge on any atom is 0.325 e. The molecule has 1 aliphatic carbocycles. The van der Waals surface area contributed by atoms with Crippen molar-refractivity contribution in [3.05, 3.63) is 0 Å². The van der Waals surface area contributed by atoms with E-state index in [0.29, 0.717) is 13.1 Å². The zero-order chi connectivity index (χ0) is 14.8. The molecule has 2 aliphatic rings.